The molecule has 2 aromatic carbocycles. The number of hydrogen-bond acceptors (Lipinski definition) is 7. The molecular formula is C23H20N6O3S. The molecule has 0 unspecified atom stereocenters. The Hall–Kier alpha value is -4.05. The first-order valence-corrected chi connectivity index (χ1v) is 11.3. The summed E-state index contributed by atoms with van der Waals surface area (Å²) in [6.07, 6.45) is 3.64. The lowest BCUT2D eigenvalue weighted by molar-refractivity contribution is -0.384. The number of benzene rings is 2. The monoisotopic (exact) mass is 460 g/mol. The van der Waals surface area contributed by atoms with Crippen LogP contribution in [0.3, 0.4) is 0 Å². The summed E-state index contributed by atoms with van der Waals surface area (Å²) < 4.78 is 1.78. The summed E-state index contributed by atoms with van der Waals surface area (Å²) in [7, 11) is 0. The number of hydrogen-bond donors (Lipinski definition) is 0. The Balaban J connectivity index is 1.26. The molecule has 0 bridgehead atoms. The Labute approximate surface area is 193 Å². The molecule has 3 heterocycles. The van der Waals surface area contributed by atoms with E-state index in [2.05, 4.69) is 10.1 Å². The molecule has 10 heteroatoms. The minimum Gasteiger partial charge on any atom is -0.362 e. The highest BCUT2D eigenvalue weighted by Gasteiger charge is 2.27. The number of aromatic nitrogens is 3. The van der Waals surface area contributed by atoms with Crippen LogP contribution >= 0.6 is 11.3 Å². The van der Waals surface area contributed by atoms with Crippen molar-refractivity contribution in [2.45, 2.75) is 0 Å². The Morgan fingerprint density at radius 3 is 2.48 bits per heavy atom. The van der Waals surface area contributed by atoms with E-state index in [1.54, 1.807) is 39.4 Å². The summed E-state index contributed by atoms with van der Waals surface area (Å²) >= 11 is 1.41. The van der Waals surface area contributed by atoms with E-state index in [1.165, 1.54) is 17.4 Å². The van der Waals surface area contributed by atoms with Crippen molar-refractivity contribution in [3.05, 3.63) is 88.2 Å². The molecule has 0 aliphatic carbocycles. The number of anilines is 1. The molecule has 1 aliphatic heterocycles. The van der Waals surface area contributed by atoms with Gasteiger partial charge in [-0.25, -0.2) is 9.67 Å². The lowest BCUT2D eigenvalue weighted by Gasteiger charge is -2.35. The molecule has 0 radical (unpaired) electrons. The number of nitrogens with zero attached hydrogens (tertiary/aromatic N) is 6. The molecule has 0 saturated carbocycles. The predicted molar refractivity (Wildman–Crippen MR) is 126 cm³/mol. The third-order valence-electron chi connectivity index (χ3n) is 5.56. The quantitative estimate of drug-likeness (QED) is 0.331. The average Bonchev–Trinajstić information content (AvgIpc) is 3.54. The smallest absolute Gasteiger partial charge is 0.292 e. The van der Waals surface area contributed by atoms with Crippen molar-refractivity contribution in [1.82, 2.24) is 19.7 Å². The summed E-state index contributed by atoms with van der Waals surface area (Å²) in [4.78, 5) is 32.2. The largest absolute Gasteiger partial charge is 0.362 e. The maximum atomic E-state index is 13.0. The third kappa shape index (κ3) is 4.20. The number of piperazine rings is 1. The van der Waals surface area contributed by atoms with Gasteiger partial charge in [0.05, 0.1) is 16.8 Å². The number of carbonyl (C=O) groups excluding carboxylic acids is 1. The van der Waals surface area contributed by atoms with Gasteiger partial charge in [0, 0.05) is 49.4 Å². The first kappa shape index (κ1) is 20.8. The van der Waals surface area contributed by atoms with Gasteiger partial charge in [0.1, 0.15) is 16.4 Å². The normalized spacial score (nSPS) is 13.8. The van der Waals surface area contributed by atoms with E-state index < -0.39 is 0 Å². The molecule has 1 aliphatic rings. The first-order chi connectivity index (χ1) is 16.1. The highest BCUT2D eigenvalue weighted by molar-refractivity contribution is 7.13. The lowest BCUT2D eigenvalue weighted by Crippen LogP contribution is -2.49. The van der Waals surface area contributed by atoms with Crippen LogP contribution in [0, 0.1) is 10.1 Å². The second kappa shape index (κ2) is 8.83. The molecular weight excluding hydrogens is 440 g/mol. The van der Waals surface area contributed by atoms with Gasteiger partial charge < -0.3 is 9.80 Å². The number of nitro benzene ring substituents is 1. The molecule has 0 N–H and O–H groups in total. The number of amides is 1. The molecule has 166 valence electrons. The van der Waals surface area contributed by atoms with Crippen molar-refractivity contribution in [3.8, 4) is 16.3 Å². The van der Waals surface area contributed by atoms with Crippen molar-refractivity contribution in [2.24, 2.45) is 0 Å². The number of nitro groups is 1. The van der Waals surface area contributed by atoms with E-state index in [-0.39, 0.29) is 16.5 Å². The summed E-state index contributed by atoms with van der Waals surface area (Å²) in [5, 5.41) is 18.2. The van der Waals surface area contributed by atoms with Gasteiger partial charge >= 0.3 is 0 Å². The number of carbonyl (C=O) groups is 1. The molecule has 5 rings (SSSR count). The Morgan fingerprint density at radius 2 is 1.73 bits per heavy atom. The highest BCUT2D eigenvalue weighted by Crippen LogP contribution is 2.29. The second-order valence-corrected chi connectivity index (χ2v) is 8.43. The SMILES string of the molecule is O=C(c1csc(-c2cnn(-c3ccccc3)c2)n1)N1CCN(c2ccccc2[N+](=O)[O-])CC1. The van der Waals surface area contributed by atoms with Gasteiger partial charge in [-0.05, 0) is 18.2 Å². The maximum Gasteiger partial charge on any atom is 0.292 e. The molecule has 1 amide bonds. The van der Waals surface area contributed by atoms with Gasteiger partial charge in [-0.3, -0.25) is 14.9 Å². The van der Waals surface area contributed by atoms with Crippen molar-refractivity contribution < 1.29 is 9.72 Å². The Morgan fingerprint density at radius 1 is 1.00 bits per heavy atom. The summed E-state index contributed by atoms with van der Waals surface area (Å²) in [6.45, 7) is 2.00. The zero-order chi connectivity index (χ0) is 22.8. The summed E-state index contributed by atoms with van der Waals surface area (Å²) in [6, 6.07) is 16.5. The van der Waals surface area contributed by atoms with Crippen LogP contribution in [-0.4, -0.2) is 56.7 Å². The van der Waals surface area contributed by atoms with E-state index >= 15 is 0 Å². The van der Waals surface area contributed by atoms with Crippen molar-refractivity contribution in [2.75, 3.05) is 31.1 Å². The van der Waals surface area contributed by atoms with Gasteiger partial charge in [-0.1, -0.05) is 30.3 Å². The Kier molecular flexibility index (Phi) is 5.57. The fraction of sp³-hybridized carbons (Fsp3) is 0.174. The standard InChI is InChI=1S/C23H20N6O3S/c30-23(27-12-10-26(11-13-27)20-8-4-5-9-21(20)29(31)32)19-16-33-22(25-19)17-14-24-28(15-17)18-6-2-1-3-7-18/h1-9,14-16H,10-13H2. The van der Waals surface area contributed by atoms with Crippen molar-refractivity contribution in [1.29, 1.82) is 0 Å². The second-order valence-electron chi connectivity index (χ2n) is 7.57. The van der Waals surface area contributed by atoms with E-state index in [4.69, 9.17) is 0 Å². The fourth-order valence-electron chi connectivity index (χ4n) is 3.86. The zero-order valence-corrected chi connectivity index (χ0v) is 18.4. The average molecular weight is 461 g/mol. The first-order valence-electron chi connectivity index (χ1n) is 10.4. The van der Waals surface area contributed by atoms with Gasteiger partial charge in [-0.2, -0.15) is 5.10 Å². The number of rotatable bonds is 5. The van der Waals surface area contributed by atoms with E-state index in [0.717, 1.165) is 16.3 Å². The van der Waals surface area contributed by atoms with E-state index in [9.17, 15) is 14.9 Å². The van der Waals surface area contributed by atoms with Crippen molar-refractivity contribution in [3.63, 3.8) is 0 Å². The van der Waals surface area contributed by atoms with Crippen LogP contribution in [0.2, 0.25) is 0 Å². The summed E-state index contributed by atoms with van der Waals surface area (Å²) in [5.41, 5.74) is 2.87. The van der Waals surface area contributed by atoms with Crippen LogP contribution in [0.5, 0.6) is 0 Å². The number of para-hydroxylation sites is 3. The van der Waals surface area contributed by atoms with Crippen LogP contribution in [0.4, 0.5) is 11.4 Å². The van der Waals surface area contributed by atoms with Crippen molar-refractivity contribution >= 4 is 28.6 Å². The van der Waals surface area contributed by atoms with Crippen LogP contribution in [-0.2, 0) is 0 Å². The Bertz CT molecular complexity index is 1290. The highest BCUT2D eigenvalue weighted by atomic mass is 32.1. The molecule has 33 heavy (non-hydrogen) atoms. The van der Waals surface area contributed by atoms with Gasteiger partial charge in [-0.15, -0.1) is 11.3 Å². The van der Waals surface area contributed by atoms with Crippen LogP contribution in [0.25, 0.3) is 16.3 Å². The number of thiazole rings is 1. The molecule has 2 aromatic heterocycles. The fourth-order valence-corrected chi connectivity index (χ4v) is 4.63. The van der Waals surface area contributed by atoms with Crippen LogP contribution in [0.1, 0.15) is 10.5 Å². The minimum absolute atomic E-state index is 0.0810. The third-order valence-corrected chi connectivity index (χ3v) is 6.45. The van der Waals surface area contributed by atoms with Crippen LogP contribution < -0.4 is 4.90 Å². The molecule has 1 saturated heterocycles. The maximum absolute atomic E-state index is 13.0. The lowest BCUT2D eigenvalue weighted by atomic mass is 10.2. The molecule has 0 spiro atoms. The molecule has 9 nitrogen and oxygen atoms in total. The minimum atomic E-state index is -0.371. The van der Waals surface area contributed by atoms with Gasteiger partial charge in [0.15, 0.2) is 0 Å². The molecule has 0 atom stereocenters. The van der Waals surface area contributed by atoms with E-state index in [1.807, 2.05) is 41.4 Å². The zero-order valence-electron chi connectivity index (χ0n) is 17.6. The predicted octanol–water partition coefficient (Wildman–Crippen LogP) is 3.87. The molecule has 1 fully saturated rings. The topological polar surface area (TPSA) is 97.4 Å². The summed E-state index contributed by atoms with van der Waals surface area (Å²) in [5.74, 6) is -0.129. The van der Waals surface area contributed by atoms with Crippen LogP contribution in [0.15, 0.2) is 72.4 Å². The van der Waals surface area contributed by atoms with Gasteiger partial charge in [0.2, 0.25) is 0 Å². The molecule has 4 aromatic rings. The van der Waals surface area contributed by atoms with E-state index in [0.29, 0.717) is 37.6 Å². The van der Waals surface area contributed by atoms with Gasteiger partial charge in [0.25, 0.3) is 11.6 Å².